The van der Waals surface area contributed by atoms with E-state index in [0.717, 1.165) is 44.9 Å². The summed E-state index contributed by atoms with van der Waals surface area (Å²) in [6, 6.07) is 0. The smallest absolute Gasteiger partial charge is 0.303 e. The van der Waals surface area contributed by atoms with Crippen LogP contribution in [0.15, 0.2) is 0 Å². The first-order valence-electron chi connectivity index (χ1n) is 11.8. The number of carbonyl (C=O) groups is 1. The number of aliphatic carboxylic acids is 1. The number of carboxylic acid groups (broad SMARTS) is 1. The Bertz CT molecular complexity index is 637. The van der Waals surface area contributed by atoms with Crippen LogP contribution in [0.3, 0.4) is 0 Å². The van der Waals surface area contributed by atoms with Gasteiger partial charge in [-0.3, -0.25) is 4.79 Å². The summed E-state index contributed by atoms with van der Waals surface area (Å²) >= 11 is 0. The molecule has 4 fully saturated rings. The lowest BCUT2D eigenvalue weighted by Crippen LogP contribution is -2.62. The summed E-state index contributed by atoms with van der Waals surface area (Å²) in [4.78, 5) is 11.1. The van der Waals surface area contributed by atoms with E-state index in [2.05, 4.69) is 20.8 Å². The maximum atomic E-state index is 11.5. The maximum Gasteiger partial charge on any atom is 0.303 e. The highest BCUT2D eigenvalue weighted by molar-refractivity contribution is 5.66. The van der Waals surface area contributed by atoms with E-state index in [1.165, 1.54) is 0 Å². The normalized spacial score (nSPS) is 52.9. The minimum atomic E-state index is -0.748. The van der Waals surface area contributed by atoms with E-state index in [0.29, 0.717) is 30.1 Å². The standard InChI is InChI=1S/C24H40O5/c1-13(4-7-21(28)29)16-5-6-17-22-18(12-20(27)24(16,17)3)23(2)9-8-15(25)10-14(23)11-19(22)26/h13-20,22,25-27H,4-12H2,1-3H3,(H,28,29)/t13-,14+,15-,16-,17-,18+,19-,20+,22-,23+,24-/m1/s1. The summed E-state index contributed by atoms with van der Waals surface area (Å²) in [7, 11) is 0. The van der Waals surface area contributed by atoms with Gasteiger partial charge in [0, 0.05) is 6.42 Å². The molecule has 5 nitrogen and oxygen atoms in total. The molecule has 0 bridgehead atoms. The molecule has 0 aromatic rings. The quantitative estimate of drug-likeness (QED) is 0.571. The monoisotopic (exact) mass is 408 g/mol. The average molecular weight is 409 g/mol. The van der Waals surface area contributed by atoms with Crippen LogP contribution in [0, 0.1) is 46.3 Å². The third kappa shape index (κ3) is 3.27. The van der Waals surface area contributed by atoms with Crippen LogP contribution in [0.4, 0.5) is 0 Å². The number of fused-ring (bicyclic) bond motifs is 5. The molecule has 4 rings (SSSR count). The Morgan fingerprint density at radius 2 is 1.76 bits per heavy atom. The Hall–Kier alpha value is -0.650. The fourth-order valence-electron chi connectivity index (χ4n) is 8.68. The van der Waals surface area contributed by atoms with E-state index in [-0.39, 0.29) is 41.3 Å². The summed E-state index contributed by atoms with van der Waals surface area (Å²) in [5.74, 6) is 0.997. The zero-order valence-corrected chi connectivity index (χ0v) is 18.3. The van der Waals surface area contributed by atoms with Gasteiger partial charge in [-0.25, -0.2) is 0 Å². The summed E-state index contributed by atoms with van der Waals surface area (Å²) in [5.41, 5.74) is -0.143. The largest absolute Gasteiger partial charge is 0.481 e. The molecular formula is C24H40O5. The van der Waals surface area contributed by atoms with Crippen molar-refractivity contribution in [2.24, 2.45) is 46.3 Å². The van der Waals surface area contributed by atoms with Gasteiger partial charge in [0.05, 0.1) is 18.3 Å². The molecule has 0 heterocycles. The second kappa shape index (κ2) is 7.49. The van der Waals surface area contributed by atoms with Gasteiger partial charge in [0.2, 0.25) is 0 Å². The van der Waals surface area contributed by atoms with Gasteiger partial charge in [-0.15, -0.1) is 0 Å². The van der Waals surface area contributed by atoms with Crippen LogP contribution in [-0.4, -0.2) is 44.7 Å². The van der Waals surface area contributed by atoms with E-state index in [4.69, 9.17) is 5.11 Å². The van der Waals surface area contributed by atoms with E-state index in [1.54, 1.807) is 0 Å². The predicted molar refractivity (Wildman–Crippen MR) is 110 cm³/mol. The molecule has 0 aliphatic heterocycles. The lowest BCUT2D eigenvalue weighted by molar-refractivity contribution is -0.207. The molecule has 11 atom stereocenters. The second-order valence-corrected chi connectivity index (χ2v) is 11.4. The summed E-state index contributed by atoms with van der Waals surface area (Å²) in [6.45, 7) is 6.72. The first kappa shape index (κ1) is 21.6. The molecule has 5 heteroatoms. The Morgan fingerprint density at radius 1 is 1.03 bits per heavy atom. The van der Waals surface area contributed by atoms with Crippen molar-refractivity contribution in [3.8, 4) is 0 Å². The molecule has 0 unspecified atom stereocenters. The van der Waals surface area contributed by atoms with Crippen LogP contribution in [-0.2, 0) is 4.79 Å². The summed E-state index contributed by atoms with van der Waals surface area (Å²) in [6.07, 6.45) is 6.00. The average Bonchev–Trinajstić information content (AvgIpc) is 3.01. The third-order valence-corrected chi connectivity index (χ3v) is 10.3. The highest BCUT2D eigenvalue weighted by atomic mass is 16.4. The minimum Gasteiger partial charge on any atom is -0.481 e. The molecule has 0 radical (unpaired) electrons. The third-order valence-electron chi connectivity index (χ3n) is 10.3. The van der Waals surface area contributed by atoms with Gasteiger partial charge in [-0.1, -0.05) is 20.8 Å². The summed E-state index contributed by atoms with van der Waals surface area (Å²) < 4.78 is 0. The molecule has 4 aliphatic rings. The van der Waals surface area contributed by atoms with Crippen molar-refractivity contribution in [2.45, 2.75) is 96.9 Å². The highest BCUT2D eigenvalue weighted by Gasteiger charge is 2.65. The Balaban J connectivity index is 1.61. The van der Waals surface area contributed by atoms with Crippen molar-refractivity contribution in [3.63, 3.8) is 0 Å². The number of hydrogen-bond donors (Lipinski definition) is 4. The van der Waals surface area contributed by atoms with Crippen molar-refractivity contribution in [2.75, 3.05) is 0 Å². The minimum absolute atomic E-state index is 0.0957. The van der Waals surface area contributed by atoms with Crippen LogP contribution in [0.1, 0.15) is 78.6 Å². The molecule has 0 aromatic heterocycles. The number of aliphatic hydroxyl groups is 3. The fraction of sp³-hybridized carbons (Fsp3) is 0.958. The lowest BCUT2D eigenvalue weighted by atomic mass is 9.43. The van der Waals surface area contributed by atoms with Crippen molar-refractivity contribution in [3.05, 3.63) is 0 Å². The zero-order chi connectivity index (χ0) is 21.1. The van der Waals surface area contributed by atoms with Crippen molar-refractivity contribution in [1.82, 2.24) is 0 Å². The lowest BCUT2D eigenvalue weighted by Gasteiger charge is -2.63. The zero-order valence-electron chi connectivity index (χ0n) is 18.3. The van der Waals surface area contributed by atoms with Gasteiger partial charge >= 0.3 is 5.97 Å². The summed E-state index contributed by atoms with van der Waals surface area (Å²) in [5, 5.41) is 42.0. The number of aliphatic hydroxyl groups excluding tert-OH is 3. The van der Waals surface area contributed by atoms with Gasteiger partial charge < -0.3 is 20.4 Å². The fourth-order valence-corrected chi connectivity index (χ4v) is 8.68. The van der Waals surface area contributed by atoms with Crippen LogP contribution in [0.2, 0.25) is 0 Å². The molecule has 4 saturated carbocycles. The molecule has 0 spiro atoms. The molecule has 29 heavy (non-hydrogen) atoms. The van der Waals surface area contributed by atoms with E-state index in [9.17, 15) is 20.1 Å². The van der Waals surface area contributed by atoms with Gasteiger partial charge in [-0.05, 0) is 97.7 Å². The van der Waals surface area contributed by atoms with Gasteiger partial charge in [0.25, 0.3) is 0 Å². The topological polar surface area (TPSA) is 98.0 Å². The highest BCUT2D eigenvalue weighted by Crippen LogP contribution is 2.68. The maximum absolute atomic E-state index is 11.5. The van der Waals surface area contributed by atoms with Crippen molar-refractivity contribution < 1.29 is 25.2 Å². The molecule has 4 aliphatic carbocycles. The first-order chi connectivity index (χ1) is 13.6. The van der Waals surface area contributed by atoms with Crippen LogP contribution >= 0.6 is 0 Å². The second-order valence-electron chi connectivity index (χ2n) is 11.4. The van der Waals surface area contributed by atoms with E-state index in [1.807, 2.05) is 0 Å². The Labute approximate surface area is 174 Å². The van der Waals surface area contributed by atoms with Crippen molar-refractivity contribution >= 4 is 5.97 Å². The number of carboxylic acids is 1. The number of rotatable bonds is 4. The predicted octanol–water partition coefficient (Wildman–Crippen LogP) is 3.45. The molecule has 0 saturated heterocycles. The molecule has 166 valence electrons. The van der Waals surface area contributed by atoms with Crippen LogP contribution in [0.25, 0.3) is 0 Å². The van der Waals surface area contributed by atoms with Crippen LogP contribution in [0.5, 0.6) is 0 Å². The van der Waals surface area contributed by atoms with Gasteiger partial charge in [0.15, 0.2) is 0 Å². The Kier molecular flexibility index (Phi) is 5.57. The molecule has 0 amide bonds. The van der Waals surface area contributed by atoms with E-state index < -0.39 is 12.1 Å². The first-order valence-corrected chi connectivity index (χ1v) is 11.8. The number of hydrogen-bond acceptors (Lipinski definition) is 4. The SMILES string of the molecule is C[C@H](CCC(=O)O)[C@H]1CC[C@@H]2[C@H]3[C@H](O)C[C@@H]4C[C@H](O)CC[C@]4(C)[C@H]3C[C@H](O)[C@@]21C. The molecule has 4 N–H and O–H groups in total. The van der Waals surface area contributed by atoms with Gasteiger partial charge in [0.1, 0.15) is 0 Å². The van der Waals surface area contributed by atoms with Crippen LogP contribution < -0.4 is 0 Å². The molecule has 0 aromatic carbocycles. The van der Waals surface area contributed by atoms with Gasteiger partial charge in [-0.2, -0.15) is 0 Å². The Morgan fingerprint density at radius 3 is 2.45 bits per heavy atom. The molecular weight excluding hydrogens is 368 g/mol. The van der Waals surface area contributed by atoms with Crippen molar-refractivity contribution in [1.29, 1.82) is 0 Å². The van der Waals surface area contributed by atoms with E-state index >= 15 is 0 Å².